The summed E-state index contributed by atoms with van der Waals surface area (Å²) in [5.74, 6) is 0.276. The van der Waals surface area contributed by atoms with Gasteiger partial charge in [-0.25, -0.2) is 14.8 Å². The van der Waals surface area contributed by atoms with Crippen LogP contribution in [0.25, 0.3) is 0 Å². The van der Waals surface area contributed by atoms with E-state index in [2.05, 4.69) is 15.3 Å². The maximum atomic E-state index is 10.5. The molecule has 1 aromatic rings. The molecule has 1 unspecified atom stereocenters. The summed E-state index contributed by atoms with van der Waals surface area (Å²) < 4.78 is 0. The van der Waals surface area contributed by atoms with Gasteiger partial charge in [-0.05, 0) is 24.8 Å². The molecule has 0 bridgehead atoms. The van der Waals surface area contributed by atoms with Crippen LogP contribution in [-0.4, -0.2) is 27.2 Å². The highest BCUT2D eigenvalue weighted by Gasteiger charge is 2.21. The molecule has 80 valence electrons. The van der Waals surface area contributed by atoms with Crippen molar-refractivity contribution in [2.45, 2.75) is 25.3 Å². The van der Waals surface area contributed by atoms with Crippen molar-refractivity contribution in [3.8, 4) is 0 Å². The van der Waals surface area contributed by atoms with Gasteiger partial charge in [0.15, 0.2) is 0 Å². The molecule has 6 nitrogen and oxygen atoms in total. The van der Waals surface area contributed by atoms with Crippen molar-refractivity contribution in [3.05, 3.63) is 17.5 Å². The SMILES string of the molecule is Nc1ncc2c(n1)CCC(NC(=O)O)C2. The summed E-state index contributed by atoms with van der Waals surface area (Å²) in [6, 6.07) is -0.0396. The zero-order valence-corrected chi connectivity index (χ0v) is 8.10. The van der Waals surface area contributed by atoms with Crippen LogP contribution in [-0.2, 0) is 12.8 Å². The van der Waals surface area contributed by atoms with Crippen LogP contribution in [0, 0.1) is 0 Å². The summed E-state index contributed by atoms with van der Waals surface area (Å²) in [6.07, 6.45) is 2.83. The fourth-order valence-electron chi connectivity index (χ4n) is 1.82. The van der Waals surface area contributed by atoms with Crippen molar-refractivity contribution < 1.29 is 9.90 Å². The number of hydrogen-bond donors (Lipinski definition) is 3. The van der Waals surface area contributed by atoms with Gasteiger partial charge in [0.25, 0.3) is 0 Å². The maximum Gasteiger partial charge on any atom is 0.404 e. The van der Waals surface area contributed by atoms with E-state index in [0.29, 0.717) is 6.42 Å². The van der Waals surface area contributed by atoms with E-state index in [4.69, 9.17) is 10.8 Å². The first-order valence-electron chi connectivity index (χ1n) is 4.75. The van der Waals surface area contributed by atoms with Crippen molar-refractivity contribution in [3.63, 3.8) is 0 Å². The molecule has 15 heavy (non-hydrogen) atoms. The van der Waals surface area contributed by atoms with E-state index in [-0.39, 0.29) is 12.0 Å². The number of fused-ring (bicyclic) bond motifs is 1. The molecule has 0 spiro atoms. The van der Waals surface area contributed by atoms with Crippen LogP contribution in [0.15, 0.2) is 6.20 Å². The van der Waals surface area contributed by atoms with Crippen molar-refractivity contribution in [2.75, 3.05) is 5.73 Å². The van der Waals surface area contributed by atoms with E-state index in [0.717, 1.165) is 24.1 Å². The third-order valence-electron chi connectivity index (χ3n) is 2.50. The second-order valence-electron chi connectivity index (χ2n) is 3.59. The molecular formula is C9H12N4O2. The lowest BCUT2D eigenvalue weighted by atomic mass is 9.93. The molecule has 1 amide bonds. The summed E-state index contributed by atoms with van der Waals surface area (Å²) in [5.41, 5.74) is 7.38. The van der Waals surface area contributed by atoms with Crippen LogP contribution < -0.4 is 11.1 Å². The van der Waals surface area contributed by atoms with Gasteiger partial charge in [-0.3, -0.25) is 0 Å². The first-order valence-corrected chi connectivity index (χ1v) is 4.75. The van der Waals surface area contributed by atoms with Crippen LogP contribution in [0.4, 0.5) is 10.7 Å². The molecule has 6 heteroatoms. The zero-order chi connectivity index (χ0) is 10.8. The quantitative estimate of drug-likeness (QED) is 0.611. The van der Waals surface area contributed by atoms with Crippen LogP contribution in [0.3, 0.4) is 0 Å². The molecule has 0 aliphatic heterocycles. The van der Waals surface area contributed by atoms with Gasteiger partial charge in [0.05, 0.1) is 0 Å². The number of anilines is 1. The van der Waals surface area contributed by atoms with E-state index in [9.17, 15) is 4.79 Å². The second kappa shape index (κ2) is 3.72. The first-order chi connectivity index (χ1) is 7.15. The smallest absolute Gasteiger partial charge is 0.404 e. The second-order valence-corrected chi connectivity index (χ2v) is 3.59. The summed E-state index contributed by atoms with van der Waals surface area (Å²) in [6.45, 7) is 0. The Morgan fingerprint density at radius 3 is 3.20 bits per heavy atom. The highest BCUT2D eigenvalue weighted by Crippen LogP contribution is 2.19. The fourth-order valence-corrected chi connectivity index (χ4v) is 1.82. The lowest BCUT2D eigenvalue weighted by Gasteiger charge is -2.23. The third-order valence-corrected chi connectivity index (χ3v) is 2.50. The third kappa shape index (κ3) is 2.15. The maximum absolute atomic E-state index is 10.5. The number of aryl methyl sites for hydroxylation is 1. The predicted molar refractivity (Wildman–Crippen MR) is 53.4 cm³/mol. The fraction of sp³-hybridized carbons (Fsp3) is 0.444. The molecule has 1 aromatic heterocycles. The largest absolute Gasteiger partial charge is 0.465 e. The average molecular weight is 208 g/mol. The first kappa shape index (κ1) is 9.70. The Labute approximate surface area is 86.5 Å². The average Bonchev–Trinajstić information content (AvgIpc) is 2.17. The number of hydrogen-bond acceptors (Lipinski definition) is 4. The van der Waals surface area contributed by atoms with Gasteiger partial charge in [0.1, 0.15) is 0 Å². The van der Waals surface area contributed by atoms with E-state index in [1.807, 2.05) is 0 Å². The van der Waals surface area contributed by atoms with E-state index in [1.165, 1.54) is 0 Å². The molecule has 0 fully saturated rings. The molecular weight excluding hydrogens is 196 g/mol. The molecule has 0 aromatic carbocycles. The van der Waals surface area contributed by atoms with Gasteiger partial charge in [-0.1, -0.05) is 0 Å². The van der Waals surface area contributed by atoms with Crippen molar-refractivity contribution in [1.82, 2.24) is 15.3 Å². The lowest BCUT2D eigenvalue weighted by molar-refractivity contribution is 0.188. The summed E-state index contributed by atoms with van der Waals surface area (Å²) >= 11 is 0. The summed E-state index contributed by atoms with van der Waals surface area (Å²) in [5, 5.41) is 11.1. The summed E-state index contributed by atoms with van der Waals surface area (Å²) in [4.78, 5) is 18.5. The van der Waals surface area contributed by atoms with Crippen molar-refractivity contribution >= 4 is 12.0 Å². The lowest BCUT2D eigenvalue weighted by Crippen LogP contribution is -2.38. The Kier molecular flexibility index (Phi) is 2.40. The Morgan fingerprint density at radius 2 is 2.47 bits per heavy atom. The molecule has 1 atom stereocenters. The molecule has 0 saturated heterocycles. The molecule has 1 aliphatic carbocycles. The Morgan fingerprint density at radius 1 is 1.67 bits per heavy atom. The Bertz CT molecular complexity index is 394. The number of nitrogens with two attached hydrogens (primary N) is 1. The number of amides is 1. The standard InChI is InChI=1S/C9H12N4O2/c10-8-11-4-5-3-6(12-9(14)15)1-2-7(5)13-8/h4,6,12H,1-3H2,(H,14,15)(H2,10,11,13). The zero-order valence-electron chi connectivity index (χ0n) is 8.10. The van der Waals surface area contributed by atoms with Crippen LogP contribution >= 0.6 is 0 Å². The van der Waals surface area contributed by atoms with Gasteiger partial charge in [0, 0.05) is 17.9 Å². The molecule has 0 radical (unpaired) electrons. The minimum absolute atomic E-state index is 0.0396. The number of nitrogens with one attached hydrogen (secondary N) is 1. The van der Waals surface area contributed by atoms with Crippen molar-refractivity contribution in [1.29, 1.82) is 0 Å². The van der Waals surface area contributed by atoms with E-state index < -0.39 is 6.09 Å². The number of nitrogen functional groups attached to an aromatic ring is 1. The number of aromatic nitrogens is 2. The number of nitrogens with zero attached hydrogens (tertiary/aromatic N) is 2. The topological polar surface area (TPSA) is 101 Å². The van der Waals surface area contributed by atoms with Gasteiger partial charge in [-0.15, -0.1) is 0 Å². The van der Waals surface area contributed by atoms with Crippen LogP contribution in [0.2, 0.25) is 0 Å². The van der Waals surface area contributed by atoms with Gasteiger partial charge >= 0.3 is 6.09 Å². The molecule has 2 rings (SSSR count). The number of carboxylic acid groups (broad SMARTS) is 1. The Balaban J connectivity index is 2.13. The van der Waals surface area contributed by atoms with Crippen molar-refractivity contribution in [2.24, 2.45) is 0 Å². The molecule has 0 saturated carbocycles. The minimum Gasteiger partial charge on any atom is -0.465 e. The molecule has 4 N–H and O–H groups in total. The number of rotatable bonds is 1. The van der Waals surface area contributed by atoms with Gasteiger partial charge in [0.2, 0.25) is 5.95 Å². The molecule has 1 heterocycles. The van der Waals surface area contributed by atoms with E-state index >= 15 is 0 Å². The monoisotopic (exact) mass is 208 g/mol. The van der Waals surface area contributed by atoms with Crippen LogP contribution in [0.1, 0.15) is 17.7 Å². The highest BCUT2D eigenvalue weighted by molar-refractivity contribution is 5.65. The Hall–Kier alpha value is -1.85. The minimum atomic E-state index is -0.986. The van der Waals surface area contributed by atoms with Gasteiger partial charge in [-0.2, -0.15) is 0 Å². The predicted octanol–water partition coefficient (Wildman–Crippen LogP) is 0.184. The molecule has 1 aliphatic rings. The normalized spacial score (nSPS) is 19.3. The highest BCUT2D eigenvalue weighted by atomic mass is 16.4. The summed E-state index contributed by atoms with van der Waals surface area (Å²) in [7, 11) is 0. The van der Waals surface area contributed by atoms with Gasteiger partial charge < -0.3 is 16.2 Å². The van der Waals surface area contributed by atoms with Crippen LogP contribution in [0.5, 0.6) is 0 Å². The number of carbonyl (C=O) groups is 1. The van der Waals surface area contributed by atoms with E-state index in [1.54, 1.807) is 6.20 Å².